The van der Waals surface area contributed by atoms with Crippen molar-refractivity contribution in [1.29, 1.82) is 0 Å². The SMILES string of the molecule is C[C@]12CC[C@@H]3C(=C1CCC2N)CCC1CC(O)C=C(C(=O)CO)[C@@]13C. The molecule has 4 aliphatic carbocycles. The zero-order chi connectivity index (χ0) is 18.0. The van der Waals surface area contributed by atoms with E-state index in [9.17, 15) is 15.0 Å². The normalized spacial score (nSPS) is 46.2. The third kappa shape index (κ3) is 2.27. The van der Waals surface area contributed by atoms with Crippen LogP contribution in [0.5, 0.6) is 0 Å². The van der Waals surface area contributed by atoms with Gasteiger partial charge in [-0.25, -0.2) is 0 Å². The third-order valence-corrected chi connectivity index (χ3v) is 8.22. The van der Waals surface area contributed by atoms with Crippen LogP contribution in [0.2, 0.25) is 0 Å². The van der Waals surface area contributed by atoms with Crippen LogP contribution in [0.4, 0.5) is 0 Å². The van der Waals surface area contributed by atoms with Crippen LogP contribution in [0, 0.1) is 22.7 Å². The number of hydrogen-bond donors (Lipinski definition) is 3. The molecule has 0 aromatic rings. The largest absolute Gasteiger partial charge is 0.389 e. The number of allylic oxidation sites excluding steroid dienone is 1. The molecule has 6 atom stereocenters. The molecular formula is C21H31NO3. The molecule has 4 nitrogen and oxygen atoms in total. The molecule has 0 amide bonds. The van der Waals surface area contributed by atoms with Crippen molar-refractivity contribution in [3.05, 3.63) is 22.8 Å². The number of fused-ring (bicyclic) bond motifs is 4. The van der Waals surface area contributed by atoms with E-state index in [1.165, 1.54) is 0 Å². The Balaban J connectivity index is 1.83. The van der Waals surface area contributed by atoms with Gasteiger partial charge in [-0.1, -0.05) is 25.0 Å². The number of nitrogens with two attached hydrogens (primary N) is 1. The Morgan fingerprint density at radius 2 is 2.04 bits per heavy atom. The topological polar surface area (TPSA) is 83.5 Å². The van der Waals surface area contributed by atoms with Gasteiger partial charge < -0.3 is 15.9 Å². The third-order valence-electron chi connectivity index (χ3n) is 8.22. The number of ketones is 1. The first kappa shape index (κ1) is 17.4. The van der Waals surface area contributed by atoms with Crippen molar-refractivity contribution in [2.75, 3.05) is 6.61 Å². The number of aliphatic hydroxyl groups is 2. The van der Waals surface area contributed by atoms with Crippen molar-refractivity contribution in [2.24, 2.45) is 28.4 Å². The molecule has 4 N–H and O–H groups in total. The van der Waals surface area contributed by atoms with Crippen LogP contribution >= 0.6 is 0 Å². The Kier molecular flexibility index (Phi) is 4.02. The fraction of sp³-hybridized carbons (Fsp3) is 0.762. The maximum atomic E-state index is 12.5. The Hall–Kier alpha value is -0.970. The average Bonchev–Trinajstić information content (AvgIpc) is 2.89. The zero-order valence-electron chi connectivity index (χ0n) is 15.4. The summed E-state index contributed by atoms with van der Waals surface area (Å²) >= 11 is 0. The quantitative estimate of drug-likeness (QED) is 0.672. The standard InChI is InChI=1S/C21H31NO3/c1-20-8-7-16-14(15(20)5-6-19(20)22)4-3-12-9-13(24)10-17(18(25)11-23)21(12,16)2/h10,12-13,16,19,23-24H,3-9,11,22H2,1-2H3/t12?,13?,16-,19?,20+,21+/m1/s1. The molecular weight excluding hydrogens is 314 g/mol. The van der Waals surface area contributed by atoms with Crippen LogP contribution in [0.1, 0.15) is 58.8 Å². The average molecular weight is 345 g/mol. The van der Waals surface area contributed by atoms with Gasteiger partial charge in [0.1, 0.15) is 6.61 Å². The Morgan fingerprint density at radius 3 is 2.76 bits per heavy atom. The summed E-state index contributed by atoms with van der Waals surface area (Å²) in [5.41, 5.74) is 10.1. The van der Waals surface area contributed by atoms with Crippen LogP contribution < -0.4 is 5.73 Å². The van der Waals surface area contributed by atoms with Crippen molar-refractivity contribution in [2.45, 2.75) is 70.9 Å². The highest BCUT2D eigenvalue weighted by Gasteiger charge is 2.56. The van der Waals surface area contributed by atoms with Gasteiger partial charge in [0.2, 0.25) is 0 Å². The van der Waals surface area contributed by atoms with E-state index in [0.717, 1.165) is 44.9 Å². The Morgan fingerprint density at radius 1 is 1.28 bits per heavy atom. The molecule has 0 heterocycles. The summed E-state index contributed by atoms with van der Waals surface area (Å²) in [5.74, 6) is 0.453. The molecule has 2 fully saturated rings. The van der Waals surface area contributed by atoms with Crippen LogP contribution in [0.25, 0.3) is 0 Å². The molecule has 25 heavy (non-hydrogen) atoms. The molecule has 0 aromatic carbocycles. The lowest BCUT2D eigenvalue weighted by molar-refractivity contribution is -0.121. The van der Waals surface area contributed by atoms with E-state index in [1.807, 2.05) is 0 Å². The van der Waals surface area contributed by atoms with E-state index in [4.69, 9.17) is 5.73 Å². The maximum absolute atomic E-state index is 12.5. The van der Waals surface area contributed by atoms with Gasteiger partial charge in [-0.2, -0.15) is 0 Å². The predicted molar refractivity (Wildman–Crippen MR) is 96.7 cm³/mol. The van der Waals surface area contributed by atoms with Crippen molar-refractivity contribution in [3.63, 3.8) is 0 Å². The molecule has 3 unspecified atom stereocenters. The fourth-order valence-corrected chi connectivity index (χ4v) is 6.70. The zero-order valence-corrected chi connectivity index (χ0v) is 15.4. The summed E-state index contributed by atoms with van der Waals surface area (Å²) < 4.78 is 0. The maximum Gasteiger partial charge on any atom is 0.184 e. The summed E-state index contributed by atoms with van der Waals surface area (Å²) in [5, 5.41) is 19.8. The number of Topliss-reactive ketones (excluding diaryl/α,β-unsaturated/α-hetero) is 1. The lowest BCUT2D eigenvalue weighted by Crippen LogP contribution is -2.51. The lowest BCUT2D eigenvalue weighted by atomic mass is 9.48. The summed E-state index contributed by atoms with van der Waals surface area (Å²) in [4.78, 5) is 12.5. The summed E-state index contributed by atoms with van der Waals surface area (Å²) in [6, 6.07) is 0.253. The van der Waals surface area contributed by atoms with Crippen molar-refractivity contribution < 1.29 is 15.0 Å². The molecule has 0 spiro atoms. The minimum Gasteiger partial charge on any atom is -0.389 e. The Labute approximate surface area is 150 Å². The van der Waals surface area contributed by atoms with Crippen molar-refractivity contribution >= 4 is 5.78 Å². The predicted octanol–water partition coefficient (Wildman–Crippen LogP) is 2.49. The van der Waals surface area contributed by atoms with E-state index in [2.05, 4.69) is 13.8 Å². The minimum absolute atomic E-state index is 0.133. The van der Waals surface area contributed by atoms with E-state index >= 15 is 0 Å². The number of aliphatic hydroxyl groups excluding tert-OH is 2. The molecule has 2 saturated carbocycles. The molecule has 0 aliphatic heterocycles. The number of rotatable bonds is 2. The molecule has 0 saturated heterocycles. The van der Waals surface area contributed by atoms with Crippen molar-refractivity contribution in [3.8, 4) is 0 Å². The lowest BCUT2D eigenvalue weighted by Gasteiger charge is -2.56. The molecule has 0 radical (unpaired) electrons. The second kappa shape index (κ2) is 5.77. The summed E-state index contributed by atoms with van der Waals surface area (Å²) in [6.45, 7) is 4.07. The van der Waals surface area contributed by atoms with E-state index in [-0.39, 0.29) is 22.7 Å². The first-order chi connectivity index (χ1) is 11.8. The highest BCUT2D eigenvalue weighted by Crippen LogP contribution is 2.64. The van der Waals surface area contributed by atoms with Gasteiger partial charge >= 0.3 is 0 Å². The number of carbonyl (C=O) groups is 1. The number of carbonyl (C=O) groups excluding carboxylic acids is 1. The second-order valence-corrected chi connectivity index (χ2v) is 9.14. The van der Waals surface area contributed by atoms with Gasteiger partial charge in [0.15, 0.2) is 5.78 Å². The van der Waals surface area contributed by atoms with Crippen LogP contribution in [-0.2, 0) is 4.79 Å². The minimum atomic E-state index is -0.563. The fourth-order valence-electron chi connectivity index (χ4n) is 6.70. The molecule has 138 valence electrons. The number of hydrogen-bond acceptors (Lipinski definition) is 4. The van der Waals surface area contributed by atoms with Gasteiger partial charge in [0.05, 0.1) is 6.10 Å². The first-order valence-electron chi connectivity index (χ1n) is 9.84. The first-order valence-corrected chi connectivity index (χ1v) is 9.84. The van der Waals surface area contributed by atoms with Crippen LogP contribution in [0.15, 0.2) is 22.8 Å². The summed E-state index contributed by atoms with van der Waals surface area (Å²) in [6.07, 6.45) is 8.31. The molecule has 0 aromatic heterocycles. The van der Waals surface area contributed by atoms with Crippen LogP contribution in [-0.4, -0.2) is 34.7 Å². The highest BCUT2D eigenvalue weighted by atomic mass is 16.3. The smallest absolute Gasteiger partial charge is 0.184 e. The Bertz CT molecular complexity index is 666. The van der Waals surface area contributed by atoms with Crippen molar-refractivity contribution in [1.82, 2.24) is 0 Å². The highest BCUT2D eigenvalue weighted by molar-refractivity contribution is 5.98. The summed E-state index contributed by atoms with van der Waals surface area (Å²) in [7, 11) is 0. The molecule has 4 aliphatic rings. The van der Waals surface area contributed by atoms with Gasteiger partial charge in [0, 0.05) is 22.4 Å². The molecule has 0 bridgehead atoms. The second-order valence-electron chi connectivity index (χ2n) is 9.14. The van der Waals surface area contributed by atoms with E-state index in [0.29, 0.717) is 17.4 Å². The van der Waals surface area contributed by atoms with E-state index in [1.54, 1.807) is 17.2 Å². The van der Waals surface area contributed by atoms with Gasteiger partial charge in [0.25, 0.3) is 0 Å². The van der Waals surface area contributed by atoms with E-state index < -0.39 is 12.7 Å². The van der Waals surface area contributed by atoms with Crippen LogP contribution in [0.3, 0.4) is 0 Å². The van der Waals surface area contributed by atoms with Gasteiger partial charge in [-0.3, -0.25) is 4.79 Å². The molecule has 4 rings (SSSR count). The van der Waals surface area contributed by atoms with Gasteiger partial charge in [-0.15, -0.1) is 0 Å². The molecule has 4 heteroatoms. The van der Waals surface area contributed by atoms with Gasteiger partial charge in [-0.05, 0) is 62.9 Å². The monoisotopic (exact) mass is 345 g/mol.